The monoisotopic (exact) mass is 268 g/mol. The molecule has 106 valence electrons. The van der Waals surface area contributed by atoms with E-state index in [0.29, 0.717) is 17.2 Å². The molecule has 0 aliphatic heterocycles. The molecule has 1 aromatic heterocycles. The van der Waals surface area contributed by atoms with Crippen molar-refractivity contribution in [1.82, 2.24) is 9.78 Å². The third kappa shape index (κ3) is 3.36. The molecule has 0 saturated carbocycles. The van der Waals surface area contributed by atoms with Crippen LogP contribution in [0.4, 0.5) is 11.5 Å². The molecule has 1 aromatic rings. The third-order valence-corrected chi connectivity index (χ3v) is 2.59. The molecular weight excluding hydrogens is 248 g/mol. The number of rotatable bonds is 6. The predicted molar refractivity (Wildman–Crippen MR) is 72.4 cm³/mol. The van der Waals surface area contributed by atoms with Crippen LogP contribution >= 0.6 is 0 Å². The van der Waals surface area contributed by atoms with Gasteiger partial charge in [-0.15, -0.1) is 0 Å². The summed E-state index contributed by atoms with van der Waals surface area (Å²) in [6.45, 7) is 5.30. The van der Waals surface area contributed by atoms with Gasteiger partial charge in [0.2, 0.25) is 11.8 Å². The molecule has 19 heavy (non-hydrogen) atoms. The Bertz CT molecular complexity index is 478. The van der Waals surface area contributed by atoms with Gasteiger partial charge in [-0.25, -0.2) is 4.68 Å². The Morgan fingerprint density at radius 3 is 2.11 bits per heavy atom. The van der Waals surface area contributed by atoms with Crippen LogP contribution in [0.2, 0.25) is 0 Å². The molecule has 0 unspecified atom stereocenters. The molecule has 2 amide bonds. The number of nitrogen functional groups attached to an aromatic ring is 1. The van der Waals surface area contributed by atoms with Gasteiger partial charge in [0.1, 0.15) is 0 Å². The van der Waals surface area contributed by atoms with E-state index in [1.807, 2.05) is 13.8 Å². The average Bonchev–Trinajstić information content (AvgIpc) is 2.53. The van der Waals surface area contributed by atoms with Crippen LogP contribution in [-0.4, -0.2) is 34.7 Å². The molecule has 0 saturated heterocycles. The number of nitrogens with two attached hydrogens (primary N) is 3. The second-order valence-corrected chi connectivity index (χ2v) is 4.65. The second kappa shape index (κ2) is 5.59. The summed E-state index contributed by atoms with van der Waals surface area (Å²) < 4.78 is 1.65. The minimum Gasteiger partial charge on any atom is -0.394 e. The topological polar surface area (TPSA) is 133 Å². The van der Waals surface area contributed by atoms with Crippen molar-refractivity contribution < 1.29 is 9.59 Å². The maximum Gasteiger partial charge on any atom is 0.237 e. The predicted octanol–water partition coefficient (Wildman–Crippen LogP) is -0.868. The summed E-state index contributed by atoms with van der Waals surface area (Å²) in [4.78, 5) is 23.7. The zero-order valence-electron chi connectivity index (χ0n) is 11.4. The number of nitrogens with zero attached hydrogens (tertiary/aromatic N) is 3. The van der Waals surface area contributed by atoms with E-state index >= 15 is 0 Å². The van der Waals surface area contributed by atoms with Crippen LogP contribution in [0.15, 0.2) is 0 Å². The van der Waals surface area contributed by atoms with Crippen molar-refractivity contribution in [2.75, 3.05) is 23.7 Å². The molecule has 1 rings (SSSR count). The standard InChI is InChI=1S/C11H20N6O2/c1-6(2)17-11(10(14)7(3)15-17)16(4-8(12)18)5-9(13)19/h6H,4-5,14H2,1-3H3,(H2,12,18)(H2,13,19). The smallest absolute Gasteiger partial charge is 0.237 e. The van der Waals surface area contributed by atoms with Gasteiger partial charge in [-0.3, -0.25) is 9.59 Å². The molecule has 0 spiro atoms. The van der Waals surface area contributed by atoms with Crippen molar-refractivity contribution in [3.8, 4) is 0 Å². The number of aryl methyl sites for hydroxylation is 1. The zero-order chi connectivity index (χ0) is 14.7. The molecule has 6 N–H and O–H groups in total. The highest BCUT2D eigenvalue weighted by atomic mass is 16.2. The first-order chi connectivity index (χ1) is 8.73. The maximum absolute atomic E-state index is 11.1. The lowest BCUT2D eigenvalue weighted by molar-refractivity contribution is -0.117. The van der Waals surface area contributed by atoms with Gasteiger partial charge < -0.3 is 22.1 Å². The number of carbonyl (C=O) groups is 2. The van der Waals surface area contributed by atoms with Crippen LogP contribution in [0, 0.1) is 6.92 Å². The fourth-order valence-electron chi connectivity index (χ4n) is 1.81. The van der Waals surface area contributed by atoms with Crippen LogP contribution in [0.1, 0.15) is 25.6 Å². The van der Waals surface area contributed by atoms with Crippen LogP contribution < -0.4 is 22.1 Å². The SMILES string of the molecule is Cc1nn(C(C)C)c(N(CC(N)=O)CC(N)=O)c1N. The van der Waals surface area contributed by atoms with Crippen LogP contribution in [0.25, 0.3) is 0 Å². The Hall–Kier alpha value is -2.25. The summed E-state index contributed by atoms with van der Waals surface area (Å²) in [6, 6.07) is 0.0225. The number of anilines is 2. The van der Waals surface area contributed by atoms with Crippen molar-refractivity contribution in [3.63, 3.8) is 0 Å². The lowest BCUT2D eigenvalue weighted by Crippen LogP contribution is -2.41. The molecule has 0 radical (unpaired) electrons. The fraction of sp³-hybridized carbons (Fsp3) is 0.545. The minimum absolute atomic E-state index is 0.0225. The number of carbonyl (C=O) groups excluding carboxylic acids is 2. The Morgan fingerprint density at radius 2 is 1.74 bits per heavy atom. The number of hydrogen-bond donors (Lipinski definition) is 3. The first kappa shape index (κ1) is 14.8. The quantitative estimate of drug-likeness (QED) is 0.616. The van der Waals surface area contributed by atoms with Crippen molar-refractivity contribution in [2.24, 2.45) is 11.5 Å². The summed E-state index contributed by atoms with van der Waals surface area (Å²) in [7, 11) is 0. The molecule has 0 bridgehead atoms. The van der Waals surface area contributed by atoms with E-state index in [1.165, 1.54) is 4.90 Å². The van der Waals surface area contributed by atoms with Crippen molar-refractivity contribution in [3.05, 3.63) is 5.69 Å². The molecule has 0 aliphatic carbocycles. The van der Waals surface area contributed by atoms with Crippen molar-refractivity contribution >= 4 is 23.3 Å². The van der Waals surface area contributed by atoms with Gasteiger partial charge in [-0.1, -0.05) is 0 Å². The van der Waals surface area contributed by atoms with E-state index in [1.54, 1.807) is 11.6 Å². The molecule has 1 heterocycles. The highest BCUT2D eigenvalue weighted by Gasteiger charge is 2.23. The van der Waals surface area contributed by atoms with Gasteiger partial charge in [-0.2, -0.15) is 5.10 Å². The van der Waals surface area contributed by atoms with E-state index in [2.05, 4.69) is 5.10 Å². The number of amides is 2. The highest BCUT2D eigenvalue weighted by molar-refractivity contribution is 5.86. The molecule has 8 nitrogen and oxygen atoms in total. The summed E-state index contributed by atoms with van der Waals surface area (Å²) in [5, 5.41) is 4.29. The van der Waals surface area contributed by atoms with Crippen LogP contribution in [0.5, 0.6) is 0 Å². The summed E-state index contributed by atoms with van der Waals surface area (Å²) in [6.07, 6.45) is 0. The average molecular weight is 268 g/mol. The van der Waals surface area contributed by atoms with Crippen LogP contribution in [-0.2, 0) is 9.59 Å². The maximum atomic E-state index is 11.1. The summed E-state index contributed by atoms with van der Waals surface area (Å²) in [5.41, 5.74) is 17.4. The molecule has 0 aromatic carbocycles. The van der Waals surface area contributed by atoms with Gasteiger partial charge in [0.05, 0.1) is 24.5 Å². The second-order valence-electron chi connectivity index (χ2n) is 4.65. The summed E-state index contributed by atoms with van der Waals surface area (Å²) in [5.74, 6) is -0.658. The van der Waals surface area contributed by atoms with Crippen LogP contribution in [0.3, 0.4) is 0 Å². The lowest BCUT2D eigenvalue weighted by Gasteiger charge is -2.24. The van der Waals surface area contributed by atoms with Crippen molar-refractivity contribution in [2.45, 2.75) is 26.8 Å². The lowest BCUT2D eigenvalue weighted by atomic mass is 10.3. The minimum atomic E-state index is -0.574. The van der Waals surface area contributed by atoms with E-state index < -0.39 is 11.8 Å². The van der Waals surface area contributed by atoms with E-state index in [9.17, 15) is 9.59 Å². The van der Waals surface area contributed by atoms with Gasteiger partial charge in [0.15, 0.2) is 5.82 Å². The van der Waals surface area contributed by atoms with Gasteiger partial charge in [0.25, 0.3) is 0 Å². The van der Waals surface area contributed by atoms with Gasteiger partial charge >= 0.3 is 0 Å². The van der Waals surface area contributed by atoms with E-state index in [0.717, 1.165) is 0 Å². The zero-order valence-corrected chi connectivity index (χ0v) is 11.4. The van der Waals surface area contributed by atoms with E-state index in [4.69, 9.17) is 17.2 Å². The Kier molecular flexibility index (Phi) is 4.36. The molecule has 0 fully saturated rings. The number of primary amides is 2. The first-order valence-corrected chi connectivity index (χ1v) is 5.90. The Morgan fingerprint density at radius 1 is 1.26 bits per heavy atom. The van der Waals surface area contributed by atoms with E-state index in [-0.39, 0.29) is 19.1 Å². The molecule has 0 atom stereocenters. The molecule has 8 heteroatoms. The fourth-order valence-corrected chi connectivity index (χ4v) is 1.81. The largest absolute Gasteiger partial charge is 0.394 e. The summed E-state index contributed by atoms with van der Waals surface area (Å²) >= 11 is 0. The normalized spacial score (nSPS) is 10.7. The molecular formula is C11H20N6O2. The first-order valence-electron chi connectivity index (χ1n) is 5.90. The van der Waals surface area contributed by atoms with Crippen molar-refractivity contribution in [1.29, 1.82) is 0 Å². The number of hydrogen-bond acceptors (Lipinski definition) is 5. The third-order valence-electron chi connectivity index (χ3n) is 2.59. The van der Waals surface area contributed by atoms with Gasteiger partial charge in [0, 0.05) is 6.04 Å². The molecule has 0 aliphatic rings. The highest BCUT2D eigenvalue weighted by Crippen LogP contribution is 2.29. The Balaban J connectivity index is 3.27. The van der Waals surface area contributed by atoms with Gasteiger partial charge in [-0.05, 0) is 20.8 Å². The Labute approximate surface area is 111 Å². The number of aromatic nitrogens is 2.